The highest BCUT2D eigenvalue weighted by molar-refractivity contribution is 6.32. The average Bonchev–Trinajstić information content (AvgIpc) is 3.55. The van der Waals surface area contributed by atoms with Crippen LogP contribution < -0.4 is 0 Å². The van der Waals surface area contributed by atoms with Crippen LogP contribution in [0.25, 0.3) is 10.9 Å². The molecule has 1 aromatic carbocycles. The van der Waals surface area contributed by atoms with Gasteiger partial charge in [0.2, 0.25) is 0 Å². The van der Waals surface area contributed by atoms with Crippen molar-refractivity contribution in [2.24, 2.45) is 23.2 Å². The molecule has 5 fully saturated rings. The van der Waals surface area contributed by atoms with E-state index in [-0.39, 0.29) is 30.0 Å². The predicted molar refractivity (Wildman–Crippen MR) is 169 cm³/mol. The van der Waals surface area contributed by atoms with Crippen molar-refractivity contribution < 1.29 is 29.5 Å². The van der Waals surface area contributed by atoms with Gasteiger partial charge in [0, 0.05) is 55.8 Å². The van der Waals surface area contributed by atoms with E-state index in [1.165, 1.54) is 0 Å². The standard InChI is InChI=1S/C37H44ClNO6/c1-15(2)28-27(40)31-37(45-31)23(43-28)9-10-33(6)34(7)18(8-11-35(33,37)41)29-25-24-21(39-30(25)34)14-20(38)17-12-16(3)19-13-22(32(4,5)44-29)36(19,42)26(17)24/h14,18-19,22-23,27-29,31,39-42H,1,3,8-13H2,2,4-7H3/t18?,19?,22?,23?,27?,28?,29?,31?,33-,34-,35+,36-,37+/m1/s1. The fourth-order valence-corrected chi connectivity index (χ4v) is 13.2. The number of aromatic amines is 1. The fraction of sp³-hybridized carbons (Fsp3) is 0.676. The summed E-state index contributed by atoms with van der Waals surface area (Å²) in [7, 11) is 0. The molecule has 1 aromatic heterocycles. The number of nitrogens with one attached hydrogen (secondary N) is 1. The van der Waals surface area contributed by atoms with Crippen molar-refractivity contribution in [1.82, 2.24) is 4.98 Å². The van der Waals surface area contributed by atoms with Crippen LogP contribution >= 0.6 is 11.6 Å². The first-order chi connectivity index (χ1) is 21.1. The maximum Gasteiger partial charge on any atom is 0.153 e. The van der Waals surface area contributed by atoms with Gasteiger partial charge in [0.15, 0.2) is 5.60 Å². The normalized spacial score (nSPS) is 52.5. The van der Waals surface area contributed by atoms with Gasteiger partial charge < -0.3 is 34.5 Å². The van der Waals surface area contributed by atoms with Gasteiger partial charge in [-0.2, -0.15) is 0 Å². The van der Waals surface area contributed by atoms with Crippen LogP contribution in [-0.4, -0.2) is 61.5 Å². The van der Waals surface area contributed by atoms with Crippen LogP contribution in [-0.2, 0) is 31.6 Å². The molecule has 2 aromatic rings. The third-order valence-electron chi connectivity index (χ3n) is 15.2. The largest absolute Gasteiger partial charge is 0.387 e. The minimum Gasteiger partial charge on any atom is -0.387 e. The number of rotatable bonds is 1. The zero-order chi connectivity index (χ0) is 31.6. The number of H-pyrrole nitrogens is 1. The Labute approximate surface area is 269 Å². The lowest BCUT2D eigenvalue weighted by molar-refractivity contribution is -0.281. The Morgan fingerprint density at radius 1 is 1.11 bits per heavy atom. The van der Waals surface area contributed by atoms with Crippen molar-refractivity contribution >= 4 is 22.5 Å². The van der Waals surface area contributed by atoms with Crippen molar-refractivity contribution in [3.8, 4) is 0 Å². The summed E-state index contributed by atoms with van der Waals surface area (Å²) in [6, 6.07) is 2.02. The van der Waals surface area contributed by atoms with Crippen molar-refractivity contribution in [3.05, 3.63) is 57.8 Å². The van der Waals surface area contributed by atoms with Gasteiger partial charge in [-0.05, 0) is 82.1 Å². The van der Waals surface area contributed by atoms with Gasteiger partial charge in [-0.3, -0.25) is 0 Å². The van der Waals surface area contributed by atoms with Gasteiger partial charge in [0.25, 0.3) is 0 Å². The van der Waals surface area contributed by atoms with Crippen LogP contribution in [0.1, 0.15) is 95.2 Å². The molecular weight excluding hydrogens is 590 g/mol. The number of epoxide rings is 1. The number of aliphatic hydroxyl groups is 3. The molecule has 8 unspecified atom stereocenters. The van der Waals surface area contributed by atoms with E-state index in [0.717, 1.165) is 63.7 Å². The molecule has 3 saturated carbocycles. The summed E-state index contributed by atoms with van der Waals surface area (Å²) in [6.45, 7) is 19.2. The van der Waals surface area contributed by atoms with E-state index >= 15 is 0 Å². The van der Waals surface area contributed by atoms with Crippen molar-refractivity contribution in [2.75, 3.05) is 0 Å². The van der Waals surface area contributed by atoms with Crippen LogP contribution in [0.15, 0.2) is 30.4 Å². The quantitative estimate of drug-likeness (QED) is 0.238. The molecule has 5 aliphatic carbocycles. The van der Waals surface area contributed by atoms with E-state index in [1.807, 2.05) is 13.0 Å². The predicted octanol–water partition coefficient (Wildman–Crippen LogP) is 5.66. The minimum absolute atomic E-state index is 0.0254. The smallest absolute Gasteiger partial charge is 0.153 e. The van der Waals surface area contributed by atoms with Gasteiger partial charge >= 0.3 is 0 Å². The molecule has 45 heavy (non-hydrogen) atoms. The summed E-state index contributed by atoms with van der Waals surface area (Å²) < 4.78 is 20.4. The van der Waals surface area contributed by atoms with Crippen LogP contribution in [0.2, 0.25) is 5.02 Å². The van der Waals surface area contributed by atoms with E-state index in [0.29, 0.717) is 24.3 Å². The SMILES string of the molecule is C=C(C)C1OC2CC[C@@]3(C)[C@@](O)(CCC4C5OC(C)(C)C6CC7C(=C)Cc8c(Cl)cc9[nH]c(c5c9c8[C@@]76O)[C@@]43C)[C@]23OC3C1O. The maximum absolute atomic E-state index is 13.2. The molecule has 240 valence electrons. The Hall–Kier alpha value is -1.71. The molecule has 0 amide bonds. The zero-order valence-corrected chi connectivity index (χ0v) is 27.6. The summed E-state index contributed by atoms with van der Waals surface area (Å²) in [6.07, 6.45) is 1.83. The summed E-state index contributed by atoms with van der Waals surface area (Å²) in [4.78, 5) is 3.87. The molecule has 2 saturated heterocycles. The second kappa shape index (κ2) is 7.78. The van der Waals surface area contributed by atoms with Gasteiger partial charge in [0.1, 0.15) is 29.5 Å². The van der Waals surface area contributed by atoms with Crippen molar-refractivity contribution in [2.45, 2.75) is 131 Å². The average molecular weight is 634 g/mol. The number of hydrogen-bond donors (Lipinski definition) is 4. The first-order valence-corrected chi connectivity index (χ1v) is 17.3. The van der Waals surface area contributed by atoms with Gasteiger partial charge in [0.05, 0.1) is 17.8 Å². The molecule has 8 aliphatic rings. The fourth-order valence-electron chi connectivity index (χ4n) is 12.9. The lowest BCUT2D eigenvalue weighted by Crippen LogP contribution is -2.76. The molecule has 0 radical (unpaired) electrons. The molecule has 4 N–H and O–H groups in total. The molecule has 4 heterocycles. The Kier molecular flexibility index (Phi) is 4.89. The molecule has 8 heteroatoms. The third-order valence-corrected chi connectivity index (χ3v) is 15.5. The maximum atomic E-state index is 13.2. The molecule has 1 spiro atoms. The van der Waals surface area contributed by atoms with Crippen LogP contribution in [0.4, 0.5) is 0 Å². The minimum atomic E-state index is -1.24. The number of halogens is 1. The van der Waals surface area contributed by atoms with E-state index in [1.54, 1.807) is 0 Å². The number of hydrogen-bond acceptors (Lipinski definition) is 6. The van der Waals surface area contributed by atoms with Gasteiger partial charge in [-0.25, -0.2) is 0 Å². The Balaban J connectivity index is 1.21. The van der Waals surface area contributed by atoms with Gasteiger partial charge in [-0.1, -0.05) is 44.2 Å². The summed E-state index contributed by atoms with van der Waals surface area (Å²) in [5.74, 6) is -0.0241. The summed E-state index contributed by atoms with van der Waals surface area (Å²) >= 11 is 7.06. The van der Waals surface area contributed by atoms with E-state index in [9.17, 15) is 15.3 Å². The lowest BCUT2D eigenvalue weighted by atomic mass is 9.40. The Morgan fingerprint density at radius 2 is 1.87 bits per heavy atom. The van der Waals surface area contributed by atoms with E-state index in [4.69, 9.17) is 25.8 Å². The molecule has 3 aliphatic heterocycles. The number of fused-ring (bicyclic) bond motifs is 5. The topological polar surface area (TPSA) is 107 Å². The molecule has 10 rings (SSSR count). The summed E-state index contributed by atoms with van der Waals surface area (Å²) in [5.41, 5.74) is 1.86. The number of ether oxygens (including phenoxy) is 3. The second-order valence-corrected chi connectivity index (χ2v) is 17.4. The highest BCUT2D eigenvalue weighted by Crippen LogP contribution is 2.78. The zero-order valence-electron chi connectivity index (χ0n) is 26.8. The highest BCUT2D eigenvalue weighted by atomic mass is 35.5. The Morgan fingerprint density at radius 3 is 2.60 bits per heavy atom. The van der Waals surface area contributed by atoms with Crippen LogP contribution in [0.3, 0.4) is 0 Å². The first-order valence-electron chi connectivity index (χ1n) is 16.9. The van der Waals surface area contributed by atoms with Crippen LogP contribution in [0.5, 0.6) is 0 Å². The molecular formula is C37H44ClNO6. The van der Waals surface area contributed by atoms with E-state index < -0.39 is 51.5 Å². The van der Waals surface area contributed by atoms with Crippen molar-refractivity contribution in [3.63, 3.8) is 0 Å². The highest BCUT2D eigenvalue weighted by Gasteiger charge is 2.87. The number of aliphatic hydroxyl groups excluding tert-OH is 1. The van der Waals surface area contributed by atoms with E-state index in [2.05, 4.69) is 45.8 Å². The number of aromatic nitrogens is 1. The lowest BCUT2D eigenvalue weighted by Gasteiger charge is -2.66. The summed E-state index contributed by atoms with van der Waals surface area (Å²) in [5, 5.41) is 39.1. The number of benzene rings is 1. The molecule has 0 bridgehead atoms. The monoisotopic (exact) mass is 633 g/mol. The second-order valence-electron chi connectivity index (χ2n) is 17.0. The Bertz CT molecular complexity index is 1800. The third kappa shape index (κ3) is 2.64. The molecule has 13 atom stereocenters. The first kappa shape index (κ1) is 28.3. The van der Waals surface area contributed by atoms with Crippen LogP contribution in [0, 0.1) is 23.2 Å². The van der Waals surface area contributed by atoms with Crippen molar-refractivity contribution in [1.29, 1.82) is 0 Å². The van der Waals surface area contributed by atoms with Gasteiger partial charge in [-0.15, -0.1) is 0 Å². The molecule has 7 nitrogen and oxygen atoms in total.